The third-order valence-corrected chi connectivity index (χ3v) is 5.81. The first kappa shape index (κ1) is 27.9. The van der Waals surface area contributed by atoms with Crippen LogP contribution in [0.5, 0.6) is 0 Å². The first-order valence-corrected chi connectivity index (χ1v) is 12.2. The molecule has 10 nitrogen and oxygen atoms in total. The van der Waals surface area contributed by atoms with Gasteiger partial charge in [-0.25, -0.2) is 18.4 Å². The number of ketones is 2. The standard InChI is InChI=1S/C14H12FN3O2.C14H12FNO4/c1-2-20-14(19)12-7-11(17-18-12)9-3-4-10(15)8-5-6-16-13(8)9;1-2-20-14(19)12(18)7-11(17)9-3-4-10(15)8-5-6-16-13(8)9/h3-7,16H,2H2,1H3,(H,17,18);3-6,16H,2,7H2,1H3. The van der Waals surface area contributed by atoms with Gasteiger partial charge in [0, 0.05) is 34.3 Å². The lowest BCUT2D eigenvalue weighted by Gasteiger charge is -2.03. The van der Waals surface area contributed by atoms with Crippen molar-refractivity contribution < 1.29 is 37.4 Å². The molecule has 0 radical (unpaired) electrons. The van der Waals surface area contributed by atoms with E-state index < -0.39 is 35.7 Å². The van der Waals surface area contributed by atoms with Crippen LogP contribution in [0.15, 0.2) is 54.9 Å². The minimum Gasteiger partial charge on any atom is -0.461 e. The number of halogens is 2. The number of benzene rings is 2. The molecule has 0 spiro atoms. The molecular weight excluding hydrogens is 526 g/mol. The maximum Gasteiger partial charge on any atom is 0.375 e. The maximum absolute atomic E-state index is 13.6. The van der Waals surface area contributed by atoms with Crippen LogP contribution in [0.25, 0.3) is 33.1 Å². The van der Waals surface area contributed by atoms with Gasteiger partial charge in [-0.05, 0) is 56.3 Å². The molecule has 2 aromatic carbocycles. The van der Waals surface area contributed by atoms with Gasteiger partial charge >= 0.3 is 11.9 Å². The molecule has 0 unspecified atom stereocenters. The maximum atomic E-state index is 13.6. The zero-order valence-electron chi connectivity index (χ0n) is 21.5. The van der Waals surface area contributed by atoms with Crippen LogP contribution in [0.4, 0.5) is 8.78 Å². The summed E-state index contributed by atoms with van der Waals surface area (Å²) >= 11 is 0. The summed E-state index contributed by atoms with van der Waals surface area (Å²) in [5.74, 6) is -3.74. The van der Waals surface area contributed by atoms with Crippen LogP contribution in [-0.2, 0) is 19.1 Å². The Hall–Kier alpha value is -5.13. The molecule has 3 heterocycles. The predicted octanol–water partition coefficient (Wildman–Crippen LogP) is 4.89. The van der Waals surface area contributed by atoms with E-state index in [4.69, 9.17) is 4.74 Å². The van der Waals surface area contributed by atoms with Crippen molar-refractivity contribution in [3.05, 3.63) is 77.8 Å². The van der Waals surface area contributed by atoms with Gasteiger partial charge in [-0.1, -0.05) is 0 Å². The molecule has 0 saturated heterocycles. The summed E-state index contributed by atoms with van der Waals surface area (Å²) in [6, 6.07) is 10.2. The van der Waals surface area contributed by atoms with Crippen molar-refractivity contribution in [3.63, 3.8) is 0 Å². The highest BCUT2D eigenvalue weighted by molar-refractivity contribution is 6.38. The Morgan fingerprint density at radius 3 is 2.12 bits per heavy atom. The first-order chi connectivity index (χ1) is 19.2. The van der Waals surface area contributed by atoms with Crippen molar-refractivity contribution in [2.75, 3.05) is 13.2 Å². The van der Waals surface area contributed by atoms with E-state index in [-0.39, 0.29) is 29.1 Å². The SMILES string of the molecule is CCOC(=O)C(=O)CC(=O)c1ccc(F)c2cc[nH]c12.CCOC(=O)c1cc(-c2ccc(F)c3cc[nH]c23)n[nH]1. The fourth-order valence-electron chi connectivity index (χ4n) is 3.99. The van der Waals surface area contributed by atoms with Crippen LogP contribution in [-0.4, -0.2) is 56.9 Å². The van der Waals surface area contributed by atoms with Crippen molar-refractivity contribution >= 4 is 45.3 Å². The normalized spacial score (nSPS) is 10.7. The Morgan fingerprint density at radius 1 is 0.825 bits per heavy atom. The minimum atomic E-state index is -1.04. The number of carbonyl (C=O) groups is 4. The molecule has 0 fully saturated rings. The number of hydrogen-bond acceptors (Lipinski definition) is 7. The number of H-pyrrole nitrogens is 3. The molecular formula is C28H24F2N4O6. The van der Waals surface area contributed by atoms with E-state index in [1.807, 2.05) is 0 Å². The zero-order chi connectivity index (χ0) is 28.8. The molecule has 0 bridgehead atoms. The lowest BCUT2D eigenvalue weighted by atomic mass is 10.0. The smallest absolute Gasteiger partial charge is 0.375 e. The van der Waals surface area contributed by atoms with Crippen molar-refractivity contribution in [1.29, 1.82) is 0 Å². The monoisotopic (exact) mass is 550 g/mol. The largest absolute Gasteiger partial charge is 0.461 e. The molecule has 206 valence electrons. The molecule has 40 heavy (non-hydrogen) atoms. The van der Waals surface area contributed by atoms with E-state index in [9.17, 15) is 28.0 Å². The summed E-state index contributed by atoms with van der Waals surface area (Å²) in [4.78, 5) is 52.0. The lowest BCUT2D eigenvalue weighted by molar-refractivity contribution is -0.153. The highest BCUT2D eigenvalue weighted by Crippen LogP contribution is 2.28. The Kier molecular flexibility index (Phi) is 8.48. The number of aromatic nitrogens is 4. The van der Waals surface area contributed by atoms with Gasteiger partial charge in [-0.2, -0.15) is 5.10 Å². The summed E-state index contributed by atoms with van der Waals surface area (Å²) in [5, 5.41) is 7.46. The molecule has 5 rings (SSSR count). The van der Waals surface area contributed by atoms with E-state index in [0.717, 1.165) is 11.6 Å². The van der Waals surface area contributed by atoms with Crippen LogP contribution in [0.2, 0.25) is 0 Å². The Morgan fingerprint density at radius 2 is 1.45 bits per heavy atom. The summed E-state index contributed by atoms with van der Waals surface area (Å²) in [6.45, 7) is 3.66. The van der Waals surface area contributed by atoms with Gasteiger partial charge in [0.25, 0.3) is 0 Å². The molecule has 0 saturated carbocycles. The highest BCUT2D eigenvalue weighted by atomic mass is 19.1. The zero-order valence-corrected chi connectivity index (χ0v) is 21.5. The Labute approximate surface area is 225 Å². The minimum absolute atomic E-state index is 0.0657. The molecule has 0 atom stereocenters. The number of aromatic amines is 3. The molecule has 3 N–H and O–H groups in total. The molecule has 0 amide bonds. The van der Waals surface area contributed by atoms with Gasteiger partial charge in [0.1, 0.15) is 17.3 Å². The third-order valence-electron chi connectivity index (χ3n) is 5.81. The summed E-state index contributed by atoms with van der Waals surface area (Å²) < 4.78 is 36.5. The van der Waals surface area contributed by atoms with Gasteiger partial charge in [-0.15, -0.1) is 0 Å². The summed E-state index contributed by atoms with van der Waals surface area (Å²) in [7, 11) is 0. The first-order valence-electron chi connectivity index (χ1n) is 12.2. The number of nitrogens with zero attached hydrogens (tertiary/aromatic N) is 1. The van der Waals surface area contributed by atoms with E-state index in [1.165, 1.54) is 24.4 Å². The van der Waals surface area contributed by atoms with Crippen LogP contribution in [0, 0.1) is 11.6 Å². The topological polar surface area (TPSA) is 147 Å². The van der Waals surface area contributed by atoms with Crippen LogP contribution >= 0.6 is 0 Å². The number of fused-ring (bicyclic) bond motifs is 2. The molecule has 0 aliphatic rings. The van der Waals surface area contributed by atoms with Crippen molar-refractivity contribution in [1.82, 2.24) is 20.2 Å². The third kappa shape index (κ3) is 5.80. The number of carbonyl (C=O) groups excluding carboxylic acids is 4. The average Bonchev–Trinajstić information content (AvgIpc) is 3.71. The quantitative estimate of drug-likeness (QED) is 0.108. The fraction of sp³-hybridized carbons (Fsp3) is 0.179. The van der Waals surface area contributed by atoms with Crippen molar-refractivity contribution in [2.24, 2.45) is 0 Å². The lowest BCUT2D eigenvalue weighted by Crippen LogP contribution is -2.20. The van der Waals surface area contributed by atoms with Gasteiger partial charge in [0.05, 0.1) is 36.4 Å². The van der Waals surface area contributed by atoms with Crippen molar-refractivity contribution in [3.8, 4) is 11.3 Å². The number of esters is 2. The van der Waals surface area contributed by atoms with E-state index in [2.05, 4.69) is 24.9 Å². The molecule has 3 aromatic heterocycles. The Balaban J connectivity index is 0.000000185. The second-order valence-electron chi connectivity index (χ2n) is 8.35. The number of nitrogens with one attached hydrogen (secondary N) is 3. The summed E-state index contributed by atoms with van der Waals surface area (Å²) in [6.07, 6.45) is 2.56. The molecule has 0 aliphatic heterocycles. The predicted molar refractivity (Wildman–Crippen MR) is 141 cm³/mol. The number of hydrogen-bond donors (Lipinski definition) is 3. The second kappa shape index (κ2) is 12.2. The number of Topliss-reactive ketones (excluding diaryl/α,β-unsaturated/α-hetero) is 2. The van der Waals surface area contributed by atoms with Gasteiger partial charge in [0.2, 0.25) is 5.78 Å². The number of rotatable bonds is 8. The van der Waals surface area contributed by atoms with Crippen molar-refractivity contribution in [2.45, 2.75) is 20.3 Å². The summed E-state index contributed by atoms with van der Waals surface area (Å²) in [5.41, 5.74) is 2.67. The Bertz CT molecular complexity index is 1720. The highest BCUT2D eigenvalue weighted by Gasteiger charge is 2.22. The molecule has 0 aliphatic carbocycles. The van der Waals surface area contributed by atoms with Gasteiger partial charge < -0.3 is 19.4 Å². The van der Waals surface area contributed by atoms with Crippen LogP contribution < -0.4 is 0 Å². The molecule has 5 aromatic rings. The van der Waals surface area contributed by atoms with Gasteiger partial charge in [0.15, 0.2) is 5.78 Å². The fourth-order valence-corrected chi connectivity index (χ4v) is 3.99. The average molecular weight is 551 g/mol. The van der Waals surface area contributed by atoms with E-state index >= 15 is 0 Å². The second-order valence-corrected chi connectivity index (χ2v) is 8.35. The van der Waals surface area contributed by atoms with E-state index in [1.54, 1.807) is 38.2 Å². The van der Waals surface area contributed by atoms with E-state index in [0.29, 0.717) is 28.7 Å². The number of ether oxygens (including phenoxy) is 2. The molecule has 12 heteroatoms. The van der Waals surface area contributed by atoms with Gasteiger partial charge in [-0.3, -0.25) is 14.7 Å². The van der Waals surface area contributed by atoms with Crippen LogP contribution in [0.1, 0.15) is 41.1 Å². The van der Waals surface area contributed by atoms with Crippen LogP contribution in [0.3, 0.4) is 0 Å².